The number of amides is 1. The number of nitrogens with zero attached hydrogens (tertiary/aromatic N) is 3. The van der Waals surface area contributed by atoms with Gasteiger partial charge in [-0.3, -0.25) is 9.36 Å². The molecule has 1 amide bonds. The summed E-state index contributed by atoms with van der Waals surface area (Å²) in [5.41, 5.74) is 3.54. The third kappa shape index (κ3) is 6.96. The molecule has 0 aliphatic heterocycles. The molecule has 0 spiro atoms. The van der Waals surface area contributed by atoms with Gasteiger partial charge in [0.1, 0.15) is 5.82 Å². The number of carbonyl (C=O) groups is 1. The van der Waals surface area contributed by atoms with Crippen molar-refractivity contribution < 1.29 is 4.79 Å². The molecule has 3 rings (SSSR count). The van der Waals surface area contributed by atoms with E-state index in [4.69, 9.17) is 0 Å². The number of unbranched alkanes of at least 4 members (excludes halogenated alkanes) is 2. The Morgan fingerprint density at radius 3 is 2.55 bits per heavy atom. The number of para-hydroxylation sites is 1. The zero-order valence-electron chi connectivity index (χ0n) is 18.5. The van der Waals surface area contributed by atoms with E-state index in [0.29, 0.717) is 6.42 Å². The van der Waals surface area contributed by atoms with Gasteiger partial charge in [0.25, 0.3) is 0 Å². The number of nitrogens with one attached hydrogen (secondary N) is 1. The van der Waals surface area contributed by atoms with Crippen LogP contribution in [0, 0.1) is 6.92 Å². The molecule has 1 heterocycles. The summed E-state index contributed by atoms with van der Waals surface area (Å²) in [5, 5.41) is 12.9. The fourth-order valence-corrected chi connectivity index (χ4v) is 4.35. The van der Waals surface area contributed by atoms with Crippen LogP contribution >= 0.6 is 11.8 Å². The van der Waals surface area contributed by atoms with Crippen LogP contribution in [0.5, 0.6) is 0 Å². The van der Waals surface area contributed by atoms with Gasteiger partial charge in [0.2, 0.25) is 5.91 Å². The molecule has 0 bridgehead atoms. The zero-order chi connectivity index (χ0) is 21.9. The predicted molar refractivity (Wildman–Crippen MR) is 128 cm³/mol. The van der Waals surface area contributed by atoms with Crippen molar-refractivity contribution in [1.29, 1.82) is 0 Å². The van der Waals surface area contributed by atoms with Crippen LogP contribution in [0.1, 0.15) is 56.0 Å². The van der Waals surface area contributed by atoms with Gasteiger partial charge in [-0.2, -0.15) is 0 Å². The third-order valence-electron chi connectivity index (χ3n) is 5.14. The molecule has 0 saturated heterocycles. The van der Waals surface area contributed by atoms with E-state index in [0.717, 1.165) is 61.1 Å². The van der Waals surface area contributed by atoms with Crippen molar-refractivity contribution >= 4 is 17.7 Å². The minimum atomic E-state index is 0.159. The number of thioether (sulfide) groups is 1. The lowest BCUT2D eigenvalue weighted by Gasteiger charge is -2.13. The lowest BCUT2D eigenvalue weighted by molar-refractivity contribution is -0.121. The Morgan fingerprint density at radius 1 is 1.00 bits per heavy atom. The van der Waals surface area contributed by atoms with Gasteiger partial charge in [-0.1, -0.05) is 73.6 Å². The molecular weight excluding hydrogens is 404 g/mol. The predicted octanol–water partition coefficient (Wildman–Crippen LogP) is 5.35. The number of aryl methyl sites for hydroxylation is 1. The van der Waals surface area contributed by atoms with Crippen molar-refractivity contribution in [3.8, 4) is 5.69 Å². The molecule has 1 N–H and O–H groups in total. The van der Waals surface area contributed by atoms with E-state index in [9.17, 15) is 4.79 Å². The Balaban J connectivity index is 1.64. The Bertz CT molecular complexity index is 955. The highest BCUT2D eigenvalue weighted by Gasteiger charge is 2.16. The average molecular weight is 437 g/mol. The summed E-state index contributed by atoms with van der Waals surface area (Å²) >= 11 is 1.71. The summed E-state index contributed by atoms with van der Waals surface area (Å²) in [6, 6.07) is 18.7. The van der Waals surface area contributed by atoms with Gasteiger partial charge in [-0.05, 0) is 43.4 Å². The van der Waals surface area contributed by atoms with Gasteiger partial charge >= 0.3 is 0 Å². The van der Waals surface area contributed by atoms with Crippen molar-refractivity contribution in [2.45, 2.75) is 57.5 Å². The smallest absolute Gasteiger partial charge is 0.219 e. The number of aromatic nitrogens is 3. The Kier molecular flexibility index (Phi) is 9.16. The van der Waals surface area contributed by atoms with Crippen molar-refractivity contribution in [2.75, 3.05) is 12.3 Å². The average Bonchev–Trinajstić information content (AvgIpc) is 3.17. The molecule has 2 aromatic carbocycles. The molecule has 0 unspecified atom stereocenters. The molecule has 0 aliphatic rings. The van der Waals surface area contributed by atoms with Crippen molar-refractivity contribution in [3.63, 3.8) is 0 Å². The van der Waals surface area contributed by atoms with E-state index >= 15 is 0 Å². The lowest BCUT2D eigenvalue weighted by Crippen LogP contribution is -2.23. The van der Waals surface area contributed by atoms with Crippen LogP contribution < -0.4 is 5.32 Å². The van der Waals surface area contributed by atoms with Crippen LogP contribution in [0.3, 0.4) is 0 Å². The standard InChI is InChI=1S/C25H32N4OS/c1-3-4-17-26-24(30)16-10-11-18-31-25-28-27-23(19-21-13-6-5-7-14-21)29(25)22-15-9-8-12-20(22)2/h5-9,12-15H,3-4,10-11,16-19H2,1-2H3,(H,26,30). The van der Waals surface area contributed by atoms with Crippen molar-refractivity contribution in [2.24, 2.45) is 0 Å². The summed E-state index contributed by atoms with van der Waals surface area (Å²) in [4.78, 5) is 11.9. The van der Waals surface area contributed by atoms with Gasteiger partial charge in [0, 0.05) is 25.1 Å². The second kappa shape index (κ2) is 12.3. The molecule has 0 aliphatic carbocycles. The Labute approximate surface area is 189 Å². The number of benzene rings is 2. The number of hydrogen-bond acceptors (Lipinski definition) is 4. The van der Waals surface area contributed by atoms with Crippen LogP contribution in [-0.4, -0.2) is 33.0 Å². The second-order valence-electron chi connectivity index (χ2n) is 7.69. The van der Waals surface area contributed by atoms with Crippen LogP contribution in [-0.2, 0) is 11.2 Å². The van der Waals surface area contributed by atoms with Gasteiger partial charge < -0.3 is 5.32 Å². The molecule has 0 atom stereocenters. The van der Waals surface area contributed by atoms with Gasteiger partial charge in [0.15, 0.2) is 5.16 Å². The molecular formula is C25H32N4OS. The molecule has 0 radical (unpaired) electrons. The van der Waals surface area contributed by atoms with E-state index in [2.05, 4.69) is 82.5 Å². The fraction of sp³-hybridized carbons (Fsp3) is 0.400. The maximum absolute atomic E-state index is 11.9. The largest absolute Gasteiger partial charge is 0.356 e. The quantitative estimate of drug-likeness (QED) is 0.307. The first-order chi connectivity index (χ1) is 15.2. The lowest BCUT2D eigenvalue weighted by atomic mass is 10.1. The third-order valence-corrected chi connectivity index (χ3v) is 6.16. The minimum Gasteiger partial charge on any atom is -0.356 e. The highest BCUT2D eigenvalue weighted by Crippen LogP contribution is 2.26. The Morgan fingerprint density at radius 2 is 1.77 bits per heavy atom. The van der Waals surface area contributed by atoms with E-state index < -0.39 is 0 Å². The first kappa shape index (κ1) is 23.1. The second-order valence-corrected chi connectivity index (χ2v) is 8.75. The van der Waals surface area contributed by atoms with Crippen LogP contribution in [0.2, 0.25) is 0 Å². The SMILES string of the molecule is CCCCNC(=O)CCCCSc1nnc(Cc2ccccc2)n1-c1ccccc1C. The van der Waals surface area contributed by atoms with Crippen LogP contribution in [0.4, 0.5) is 0 Å². The Hall–Kier alpha value is -2.60. The summed E-state index contributed by atoms with van der Waals surface area (Å²) in [6.45, 7) is 5.03. The van der Waals surface area contributed by atoms with Crippen LogP contribution in [0.25, 0.3) is 5.69 Å². The maximum Gasteiger partial charge on any atom is 0.219 e. The van der Waals surface area contributed by atoms with E-state index in [-0.39, 0.29) is 5.91 Å². The molecule has 5 nitrogen and oxygen atoms in total. The van der Waals surface area contributed by atoms with E-state index in [1.165, 1.54) is 11.1 Å². The molecule has 6 heteroatoms. The van der Waals surface area contributed by atoms with E-state index in [1.54, 1.807) is 11.8 Å². The van der Waals surface area contributed by atoms with Gasteiger partial charge in [-0.15, -0.1) is 10.2 Å². The first-order valence-electron chi connectivity index (χ1n) is 11.1. The van der Waals surface area contributed by atoms with Gasteiger partial charge in [0.05, 0.1) is 5.69 Å². The van der Waals surface area contributed by atoms with Crippen LogP contribution in [0.15, 0.2) is 59.8 Å². The summed E-state index contributed by atoms with van der Waals surface area (Å²) in [6.07, 6.45) is 5.34. The van der Waals surface area contributed by atoms with Crippen molar-refractivity contribution in [1.82, 2.24) is 20.1 Å². The number of carbonyl (C=O) groups excluding carboxylic acids is 1. The number of hydrogen-bond donors (Lipinski definition) is 1. The molecule has 1 aromatic heterocycles. The molecule has 3 aromatic rings. The van der Waals surface area contributed by atoms with E-state index in [1.807, 2.05) is 6.07 Å². The van der Waals surface area contributed by atoms with Gasteiger partial charge in [-0.25, -0.2) is 0 Å². The highest BCUT2D eigenvalue weighted by molar-refractivity contribution is 7.99. The summed E-state index contributed by atoms with van der Waals surface area (Å²) < 4.78 is 2.18. The topological polar surface area (TPSA) is 59.8 Å². The molecule has 0 fully saturated rings. The highest BCUT2D eigenvalue weighted by atomic mass is 32.2. The molecule has 31 heavy (non-hydrogen) atoms. The summed E-state index contributed by atoms with van der Waals surface area (Å²) in [5.74, 6) is 2.02. The normalized spacial score (nSPS) is 10.9. The van der Waals surface area contributed by atoms with Crippen molar-refractivity contribution in [3.05, 3.63) is 71.5 Å². The number of rotatable bonds is 12. The fourth-order valence-electron chi connectivity index (χ4n) is 3.39. The maximum atomic E-state index is 11.9. The molecule has 0 saturated carbocycles. The summed E-state index contributed by atoms with van der Waals surface area (Å²) in [7, 11) is 0. The monoisotopic (exact) mass is 436 g/mol. The zero-order valence-corrected chi connectivity index (χ0v) is 19.3. The molecule has 164 valence electrons. The first-order valence-corrected chi connectivity index (χ1v) is 12.1. The minimum absolute atomic E-state index is 0.159.